The van der Waals surface area contributed by atoms with Gasteiger partial charge in [0, 0.05) is 0 Å². The van der Waals surface area contributed by atoms with Crippen molar-refractivity contribution in [3.05, 3.63) is 95.1 Å². The SMILES string of the molecule is CCc1ccc(OCC(=O)N/N=C\c2ccc(OC(=O)c3ccccc3C)cc2)cc1. The molecule has 0 heterocycles. The Morgan fingerprint density at radius 2 is 1.61 bits per heavy atom. The predicted molar refractivity (Wildman–Crippen MR) is 120 cm³/mol. The monoisotopic (exact) mass is 416 g/mol. The summed E-state index contributed by atoms with van der Waals surface area (Å²) in [5, 5.41) is 3.92. The van der Waals surface area contributed by atoms with Gasteiger partial charge < -0.3 is 9.47 Å². The number of amides is 1. The number of ether oxygens (including phenoxy) is 2. The van der Waals surface area contributed by atoms with Gasteiger partial charge in [-0.2, -0.15) is 5.10 Å². The molecule has 0 saturated heterocycles. The van der Waals surface area contributed by atoms with E-state index in [1.54, 1.807) is 36.4 Å². The molecule has 158 valence electrons. The predicted octanol–water partition coefficient (Wildman–Crippen LogP) is 4.31. The molecule has 3 aromatic carbocycles. The van der Waals surface area contributed by atoms with E-state index in [0.717, 1.165) is 17.5 Å². The second kappa shape index (κ2) is 10.7. The van der Waals surface area contributed by atoms with E-state index in [9.17, 15) is 9.59 Å². The molecule has 0 bridgehead atoms. The van der Waals surface area contributed by atoms with Gasteiger partial charge in [-0.1, -0.05) is 37.3 Å². The largest absolute Gasteiger partial charge is 0.484 e. The molecule has 6 nitrogen and oxygen atoms in total. The summed E-state index contributed by atoms with van der Waals surface area (Å²) in [6, 6.07) is 21.7. The van der Waals surface area contributed by atoms with Crippen molar-refractivity contribution < 1.29 is 19.1 Å². The van der Waals surface area contributed by atoms with Crippen molar-refractivity contribution in [1.29, 1.82) is 0 Å². The number of aryl methyl sites for hydroxylation is 2. The van der Waals surface area contributed by atoms with Crippen LogP contribution in [-0.4, -0.2) is 24.7 Å². The van der Waals surface area contributed by atoms with E-state index in [1.165, 1.54) is 11.8 Å². The molecule has 3 rings (SSSR count). The number of hydrogen-bond donors (Lipinski definition) is 1. The van der Waals surface area contributed by atoms with Crippen LogP contribution in [0.3, 0.4) is 0 Å². The summed E-state index contributed by atoms with van der Waals surface area (Å²) in [4.78, 5) is 24.1. The summed E-state index contributed by atoms with van der Waals surface area (Å²) in [7, 11) is 0. The first kappa shape index (κ1) is 21.8. The Bertz CT molecular complexity index is 1060. The number of hydrazone groups is 1. The van der Waals surface area contributed by atoms with Crippen LogP contribution in [-0.2, 0) is 11.2 Å². The van der Waals surface area contributed by atoms with Crippen molar-refractivity contribution in [2.75, 3.05) is 6.61 Å². The van der Waals surface area contributed by atoms with Gasteiger partial charge in [0.1, 0.15) is 11.5 Å². The zero-order chi connectivity index (χ0) is 22.1. The van der Waals surface area contributed by atoms with E-state index in [1.807, 2.05) is 43.3 Å². The van der Waals surface area contributed by atoms with E-state index >= 15 is 0 Å². The maximum absolute atomic E-state index is 12.3. The normalized spacial score (nSPS) is 10.6. The summed E-state index contributed by atoms with van der Waals surface area (Å²) in [5.41, 5.74) is 5.75. The second-order valence-corrected chi connectivity index (χ2v) is 6.85. The van der Waals surface area contributed by atoms with Crippen molar-refractivity contribution in [3.8, 4) is 11.5 Å². The quantitative estimate of drug-likeness (QED) is 0.257. The fourth-order valence-corrected chi connectivity index (χ4v) is 2.77. The average molecular weight is 416 g/mol. The van der Waals surface area contributed by atoms with E-state index in [-0.39, 0.29) is 12.5 Å². The van der Waals surface area contributed by atoms with Gasteiger partial charge in [0.05, 0.1) is 11.8 Å². The number of nitrogens with zero attached hydrogens (tertiary/aromatic N) is 1. The minimum atomic E-state index is -0.406. The summed E-state index contributed by atoms with van der Waals surface area (Å²) in [6.45, 7) is 3.81. The highest BCUT2D eigenvalue weighted by Crippen LogP contribution is 2.15. The number of carbonyl (C=O) groups excluding carboxylic acids is 2. The summed E-state index contributed by atoms with van der Waals surface area (Å²) >= 11 is 0. The number of hydrogen-bond acceptors (Lipinski definition) is 5. The lowest BCUT2D eigenvalue weighted by molar-refractivity contribution is -0.123. The second-order valence-electron chi connectivity index (χ2n) is 6.85. The van der Waals surface area contributed by atoms with Crippen molar-refractivity contribution in [3.63, 3.8) is 0 Å². The number of carbonyl (C=O) groups is 2. The third-order valence-corrected chi connectivity index (χ3v) is 4.56. The van der Waals surface area contributed by atoms with Crippen LogP contribution in [0.4, 0.5) is 0 Å². The molecule has 0 aliphatic rings. The molecule has 31 heavy (non-hydrogen) atoms. The maximum atomic E-state index is 12.3. The molecule has 6 heteroatoms. The molecule has 0 aliphatic carbocycles. The van der Waals surface area contributed by atoms with E-state index in [0.29, 0.717) is 17.1 Å². The Morgan fingerprint density at radius 1 is 0.935 bits per heavy atom. The molecule has 0 aliphatic heterocycles. The lowest BCUT2D eigenvalue weighted by atomic mass is 10.1. The molecule has 0 spiro atoms. The average Bonchev–Trinajstić information content (AvgIpc) is 2.79. The molecule has 0 fully saturated rings. The molecule has 0 radical (unpaired) electrons. The zero-order valence-corrected chi connectivity index (χ0v) is 17.5. The van der Waals surface area contributed by atoms with Crippen molar-refractivity contribution in [1.82, 2.24) is 5.43 Å². The smallest absolute Gasteiger partial charge is 0.343 e. The Morgan fingerprint density at radius 3 is 2.29 bits per heavy atom. The number of rotatable bonds is 8. The Balaban J connectivity index is 1.46. The highest BCUT2D eigenvalue weighted by atomic mass is 16.5. The van der Waals surface area contributed by atoms with Crippen LogP contribution >= 0.6 is 0 Å². The Hall–Kier alpha value is -3.93. The Kier molecular flexibility index (Phi) is 7.54. The van der Waals surface area contributed by atoms with Crippen LogP contribution in [0.15, 0.2) is 77.9 Å². The van der Waals surface area contributed by atoms with Gasteiger partial charge >= 0.3 is 5.97 Å². The number of esters is 1. The lowest BCUT2D eigenvalue weighted by Gasteiger charge is -2.07. The van der Waals surface area contributed by atoms with Gasteiger partial charge in [-0.05, 0) is 72.5 Å². The minimum absolute atomic E-state index is 0.128. The fraction of sp³-hybridized carbons (Fsp3) is 0.160. The topological polar surface area (TPSA) is 77.0 Å². The molecule has 0 saturated carbocycles. The van der Waals surface area contributed by atoms with Gasteiger partial charge in [-0.15, -0.1) is 0 Å². The van der Waals surface area contributed by atoms with Crippen LogP contribution in [0.5, 0.6) is 11.5 Å². The number of benzene rings is 3. The van der Waals surface area contributed by atoms with Crippen LogP contribution < -0.4 is 14.9 Å². The van der Waals surface area contributed by atoms with Crippen molar-refractivity contribution >= 4 is 18.1 Å². The highest BCUT2D eigenvalue weighted by Gasteiger charge is 2.10. The third-order valence-electron chi connectivity index (χ3n) is 4.56. The summed E-state index contributed by atoms with van der Waals surface area (Å²) < 4.78 is 10.8. The highest BCUT2D eigenvalue weighted by molar-refractivity contribution is 5.92. The van der Waals surface area contributed by atoms with Crippen LogP contribution in [0, 0.1) is 6.92 Å². The first-order chi connectivity index (χ1) is 15.0. The molecule has 0 atom stereocenters. The molecular weight excluding hydrogens is 392 g/mol. The maximum Gasteiger partial charge on any atom is 0.343 e. The first-order valence-electron chi connectivity index (χ1n) is 9.96. The lowest BCUT2D eigenvalue weighted by Crippen LogP contribution is -2.24. The summed E-state index contributed by atoms with van der Waals surface area (Å²) in [5.74, 6) is 0.291. The molecule has 3 aromatic rings. The van der Waals surface area contributed by atoms with E-state index in [4.69, 9.17) is 9.47 Å². The number of nitrogens with one attached hydrogen (secondary N) is 1. The van der Waals surface area contributed by atoms with Crippen molar-refractivity contribution in [2.24, 2.45) is 5.10 Å². The van der Waals surface area contributed by atoms with Gasteiger partial charge in [-0.3, -0.25) is 4.79 Å². The zero-order valence-electron chi connectivity index (χ0n) is 17.5. The summed E-state index contributed by atoms with van der Waals surface area (Å²) in [6.07, 6.45) is 2.45. The van der Waals surface area contributed by atoms with E-state index < -0.39 is 5.97 Å². The first-order valence-corrected chi connectivity index (χ1v) is 9.96. The van der Waals surface area contributed by atoms with Gasteiger partial charge in [0.15, 0.2) is 6.61 Å². The van der Waals surface area contributed by atoms with Crippen molar-refractivity contribution in [2.45, 2.75) is 20.3 Å². The molecular formula is C25H24N2O4. The van der Waals surface area contributed by atoms with Gasteiger partial charge in [-0.25, -0.2) is 10.2 Å². The minimum Gasteiger partial charge on any atom is -0.484 e. The van der Waals surface area contributed by atoms with Crippen LogP contribution in [0.2, 0.25) is 0 Å². The molecule has 0 aromatic heterocycles. The third kappa shape index (κ3) is 6.54. The van der Waals surface area contributed by atoms with Gasteiger partial charge in [0.25, 0.3) is 5.91 Å². The molecule has 1 amide bonds. The standard InChI is InChI=1S/C25H24N2O4/c1-3-19-8-12-21(13-9-19)30-17-24(28)27-26-16-20-10-14-22(15-11-20)31-25(29)23-7-5-4-6-18(23)2/h4-16H,3,17H2,1-2H3,(H,27,28)/b26-16-. The Labute approximate surface area is 181 Å². The van der Waals surface area contributed by atoms with Crippen LogP contribution in [0.25, 0.3) is 0 Å². The molecule has 0 unspecified atom stereocenters. The fourth-order valence-electron chi connectivity index (χ4n) is 2.77. The van der Waals surface area contributed by atoms with Crippen LogP contribution in [0.1, 0.15) is 34.0 Å². The van der Waals surface area contributed by atoms with E-state index in [2.05, 4.69) is 17.5 Å². The van der Waals surface area contributed by atoms with Gasteiger partial charge in [0.2, 0.25) is 0 Å². The molecule has 1 N–H and O–H groups in total.